The maximum absolute atomic E-state index is 12.1. The van der Waals surface area contributed by atoms with Gasteiger partial charge in [-0.05, 0) is 43.7 Å². The number of carbonyl (C=O) groups is 1. The van der Waals surface area contributed by atoms with Crippen LogP contribution in [0.5, 0.6) is 0 Å². The van der Waals surface area contributed by atoms with E-state index in [1.54, 1.807) is 7.11 Å². The molecule has 2 atom stereocenters. The molecule has 1 amide bonds. The largest absolute Gasteiger partial charge is 0.444 e. The molecule has 5 heteroatoms. The number of nitrogens with one attached hydrogen (secondary N) is 1. The van der Waals surface area contributed by atoms with Gasteiger partial charge in [-0.15, -0.1) is 0 Å². The van der Waals surface area contributed by atoms with E-state index >= 15 is 0 Å². The van der Waals surface area contributed by atoms with Crippen molar-refractivity contribution < 1.29 is 14.3 Å². The molecule has 2 fully saturated rings. The number of amides is 1. The summed E-state index contributed by atoms with van der Waals surface area (Å²) in [4.78, 5) is 13.9. The lowest BCUT2D eigenvalue weighted by Gasteiger charge is -2.26. The molecule has 0 radical (unpaired) electrons. The Morgan fingerprint density at radius 2 is 1.83 bits per heavy atom. The predicted molar refractivity (Wildman–Crippen MR) is 92.6 cm³/mol. The van der Waals surface area contributed by atoms with Crippen LogP contribution >= 0.6 is 0 Å². The van der Waals surface area contributed by atoms with Gasteiger partial charge in [0.25, 0.3) is 0 Å². The highest BCUT2D eigenvalue weighted by atomic mass is 16.6. The normalized spacial score (nSPS) is 25.5. The van der Waals surface area contributed by atoms with E-state index in [-0.39, 0.29) is 6.09 Å². The van der Waals surface area contributed by atoms with Gasteiger partial charge in [-0.2, -0.15) is 0 Å². The molecule has 5 nitrogen and oxygen atoms in total. The minimum absolute atomic E-state index is 0.182. The van der Waals surface area contributed by atoms with Crippen LogP contribution in [0.1, 0.15) is 31.9 Å². The van der Waals surface area contributed by atoms with Crippen molar-refractivity contribution in [3.8, 4) is 0 Å². The van der Waals surface area contributed by atoms with Crippen molar-refractivity contribution in [2.45, 2.75) is 45.6 Å². The maximum atomic E-state index is 12.1. The standard InChI is InChI=1S/C19H28N2O3/c1-19(2,3)24-18(22)21-10-15-16(11-21)17(15)20-9-13-7-5-6-8-14(13)12-23-4/h5-8,15-17,20H,9-12H2,1-4H3. The lowest BCUT2D eigenvalue weighted by atomic mass is 10.1. The summed E-state index contributed by atoms with van der Waals surface area (Å²) >= 11 is 0. The van der Waals surface area contributed by atoms with Gasteiger partial charge in [0.1, 0.15) is 5.60 Å². The van der Waals surface area contributed by atoms with E-state index in [2.05, 4.69) is 23.5 Å². The Bertz CT molecular complexity index is 585. The number of nitrogens with zero attached hydrogens (tertiary/aromatic N) is 1. The molecule has 1 aromatic carbocycles. The van der Waals surface area contributed by atoms with Crippen molar-refractivity contribution in [1.82, 2.24) is 10.2 Å². The summed E-state index contributed by atoms with van der Waals surface area (Å²) in [5, 5.41) is 3.65. The topological polar surface area (TPSA) is 50.8 Å². The number of ether oxygens (including phenoxy) is 2. The number of likely N-dealkylation sites (tertiary alicyclic amines) is 1. The van der Waals surface area contributed by atoms with Crippen molar-refractivity contribution >= 4 is 6.09 Å². The van der Waals surface area contributed by atoms with E-state index in [1.807, 2.05) is 31.7 Å². The lowest BCUT2D eigenvalue weighted by Crippen LogP contribution is -2.39. The average Bonchev–Trinajstić information content (AvgIpc) is 2.95. The SMILES string of the molecule is COCc1ccccc1CNC1C2CN(C(=O)OC(C)(C)C)CC21. The summed E-state index contributed by atoms with van der Waals surface area (Å²) in [6.07, 6.45) is -0.182. The highest BCUT2D eigenvalue weighted by molar-refractivity contribution is 5.69. The van der Waals surface area contributed by atoms with E-state index in [0.29, 0.717) is 24.5 Å². The van der Waals surface area contributed by atoms with Crippen LogP contribution in [0.15, 0.2) is 24.3 Å². The number of carbonyl (C=O) groups excluding carboxylic acids is 1. The quantitative estimate of drug-likeness (QED) is 0.901. The summed E-state index contributed by atoms with van der Waals surface area (Å²) in [5.41, 5.74) is 2.09. The molecule has 1 N–H and O–H groups in total. The summed E-state index contributed by atoms with van der Waals surface area (Å²) in [6, 6.07) is 8.88. The van der Waals surface area contributed by atoms with Crippen LogP contribution in [0.25, 0.3) is 0 Å². The van der Waals surface area contributed by atoms with Gasteiger partial charge in [-0.3, -0.25) is 0 Å². The molecule has 1 aliphatic carbocycles. The molecule has 1 saturated heterocycles. The molecule has 0 spiro atoms. The third-order valence-electron chi connectivity index (χ3n) is 4.79. The number of hydrogen-bond donors (Lipinski definition) is 1. The Hall–Kier alpha value is -1.59. The van der Waals surface area contributed by atoms with Crippen molar-refractivity contribution in [3.05, 3.63) is 35.4 Å². The van der Waals surface area contributed by atoms with Crippen LogP contribution in [-0.4, -0.2) is 42.8 Å². The zero-order chi connectivity index (χ0) is 17.3. The van der Waals surface area contributed by atoms with Gasteiger partial charge in [0.2, 0.25) is 0 Å². The Morgan fingerprint density at radius 3 is 2.42 bits per heavy atom. The highest BCUT2D eigenvalue weighted by Gasteiger charge is 2.56. The fourth-order valence-electron chi connectivity index (χ4n) is 3.56. The van der Waals surface area contributed by atoms with Gasteiger partial charge in [0.05, 0.1) is 6.61 Å². The summed E-state index contributed by atoms with van der Waals surface area (Å²) < 4.78 is 10.7. The van der Waals surface area contributed by atoms with Crippen LogP contribution in [0, 0.1) is 11.8 Å². The van der Waals surface area contributed by atoms with E-state index in [0.717, 1.165) is 19.6 Å². The molecule has 1 aliphatic heterocycles. The van der Waals surface area contributed by atoms with Crippen LogP contribution in [0.3, 0.4) is 0 Å². The van der Waals surface area contributed by atoms with Crippen molar-refractivity contribution in [1.29, 1.82) is 0 Å². The molecular formula is C19H28N2O3. The zero-order valence-corrected chi connectivity index (χ0v) is 15.0. The second kappa shape index (κ2) is 6.73. The predicted octanol–water partition coefficient (Wildman–Crippen LogP) is 2.79. The first-order valence-corrected chi connectivity index (χ1v) is 8.66. The van der Waals surface area contributed by atoms with Gasteiger partial charge in [0.15, 0.2) is 0 Å². The molecular weight excluding hydrogens is 304 g/mol. The smallest absolute Gasteiger partial charge is 0.410 e. The second-order valence-corrected chi connectivity index (χ2v) is 7.82. The van der Waals surface area contributed by atoms with E-state index in [9.17, 15) is 4.79 Å². The van der Waals surface area contributed by atoms with Crippen molar-refractivity contribution in [2.24, 2.45) is 11.8 Å². The average molecular weight is 332 g/mol. The van der Waals surface area contributed by atoms with Crippen LogP contribution in [-0.2, 0) is 22.6 Å². The molecule has 1 aromatic rings. The van der Waals surface area contributed by atoms with Crippen LogP contribution in [0.2, 0.25) is 0 Å². The lowest BCUT2D eigenvalue weighted by molar-refractivity contribution is 0.0269. The monoisotopic (exact) mass is 332 g/mol. The third-order valence-corrected chi connectivity index (χ3v) is 4.79. The van der Waals surface area contributed by atoms with Gasteiger partial charge >= 0.3 is 6.09 Å². The minimum atomic E-state index is -0.424. The first-order valence-electron chi connectivity index (χ1n) is 8.66. The number of benzene rings is 1. The number of rotatable bonds is 5. The Balaban J connectivity index is 1.46. The van der Waals surface area contributed by atoms with E-state index in [1.165, 1.54) is 11.1 Å². The molecule has 0 bridgehead atoms. The second-order valence-electron chi connectivity index (χ2n) is 7.82. The van der Waals surface area contributed by atoms with Crippen LogP contribution < -0.4 is 5.32 Å². The van der Waals surface area contributed by atoms with E-state index < -0.39 is 5.60 Å². The van der Waals surface area contributed by atoms with Gasteiger partial charge in [-0.1, -0.05) is 24.3 Å². The first kappa shape index (κ1) is 17.2. The Labute approximate surface area is 144 Å². The van der Waals surface area contributed by atoms with E-state index in [4.69, 9.17) is 9.47 Å². The fourth-order valence-corrected chi connectivity index (χ4v) is 3.56. The maximum Gasteiger partial charge on any atom is 0.410 e. The van der Waals surface area contributed by atoms with Crippen LogP contribution in [0.4, 0.5) is 4.79 Å². The molecule has 3 rings (SSSR count). The Morgan fingerprint density at radius 1 is 1.21 bits per heavy atom. The molecule has 132 valence electrons. The molecule has 2 unspecified atom stereocenters. The number of methoxy groups -OCH3 is 1. The molecule has 1 heterocycles. The molecule has 0 aromatic heterocycles. The fraction of sp³-hybridized carbons (Fsp3) is 0.632. The van der Waals surface area contributed by atoms with Crippen molar-refractivity contribution in [2.75, 3.05) is 20.2 Å². The number of fused-ring (bicyclic) bond motifs is 1. The summed E-state index contributed by atoms with van der Waals surface area (Å²) in [7, 11) is 1.72. The molecule has 1 saturated carbocycles. The third kappa shape index (κ3) is 3.90. The summed E-state index contributed by atoms with van der Waals surface area (Å²) in [5.74, 6) is 1.12. The van der Waals surface area contributed by atoms with Gasteiger partial charge in [-0.25, -0.2) is 4.79 Å². The molecule has 24 heavy (non-hydrogen) atoms. The number of piperidine rings is 1. The van der Waals surface area contributed by atoms with Crippen molar-refractivity contribution in [3.63, 3.8) is 0 Å². The summed E-state index contributed by atoms with van der Waals surface area (Å²) in [6.45, 7) is 8.82. The van der Waals surface area contributed by atoms with Gasteiger partial charge < -0.3 is 19.7 Å². The zero-order valence-electron chi connectivity index (χ0n) is 15.0. The Kier molecular flexibility index (Phi) is 4.83. The number of hydrogen-bond acceptors (Lipinski definition) is 4. The highest BCUT2D eigenvalue weighted by Crippen LogP contribution is 2.46. The minimum Gasteiger partial charge on any atom is -0.444 e. The molecule has 2 aliphatic rings. The van der Waals surface area contributed by atoms with Gasteiger partial charge in [0, 0.05) is 32.8 Å². The first-order chi connectivity index (χ1) is 11.4.